The number of carbonyl (C=O) groups is 1. The van der Waals surface area contributed by atoms with Gasteiger partial charge in [0.25, 0.3) is 0 Å². The Labute approximate surface area is 117 Å². The van der Waals surface area contributed by atoms with Crippen molar-refractivity contribution < 1.29 is 4.79 Å². The Hall–Kier alpha value is -0.610. The van der Waals surface area contributed by atoms with E-state index in [0.717, 1.165) is 44.8 Å². The third-order valence-corrected chi connectivity index (χ3v) is 4.85. The summed E-state index contributed by atoms with van der Waals surface area (Å²) in [6.45, 7) is 4.93. The molecule has 0 aromatic carbocycles. The van der Waals surface area contributed by atoms with Crippen LogP contribution in [0.15, 0.2) is 0 Å². The minimum absolute atomic E-state index is 0.0272. The van der Waals surface area contributed by atoms with Gasteiger partial charge < -0.3 is 11.1 Å². The minimum Gasteiger partial charge on any atom is -0.352 e. The predicted octanol–water partition coefficient (Wildman–Crippen LogP) is 1.49. The van der Waals surface area contributed by atoms with Gasteiger partial charge in [0.15, 0.2) is 0 Å². The van der Waals surface area contributed by atoms with Crippen molar-refractivity contribution in [3.63, 3.8) is 0 Å². The molecule has 0 radical (unpaired) electrons. The highest BCUT2D eigenvalue weighted by Crippen LogP contribution is 2.22. The molecule has 1 amide bonds. The van der Waals surface area contributed by atoms with Crippen LogP contribution in [0.1, 0.15) is 51.9 Å². The van der Waals surface area contributed by atoms with Crippen LogP contribution in [-0.2, 0) is 4.79 Å². The van der Waals surface area contributed by atoms with Crippen molar-refractivity contribution in [2.45, 2.75) is 64.0 Å². The molecule has 1 aliphatic carbocycles. The van der Waals surface area contributed by atoms with E-state index in [9.17, 15) is 4.79 Å². The average Bonchev–Trinajstić information content (AvgIpc) is 2.92. The fourth-order valence-electron chi connectivity index (χ4n) is 3.42. The Morgan fingerprint density at radius 3 is 2.47 bits per heavy atom. The maximum Gasteiger partial charge on any atom is 0.237 e. The molecule has 4 heteroatoms. The van der Waals surface area contributed by atoms with Gasteiger partial charge in [-0.15, -0.1) is 0 Å². The standard InChI is InChI=1S/C15H29N3O/c1-12(15(19)17-14-4-2-3-5-14)18-10-7-13(6-9-16)8-11-18/h12-14H,2-11,16H2,1H3,(H,17,19). The van der Waals surface area contributed by atoms with Crippen LogP contribution in [-0.4, -0.2) is 42.5 Å². The van der Waals surface area contributed by atoms with Gasteiger partial charge in [0.05, 0.1) is 6.04 Å². The van der Waals surface area contributed by atoms with Crippen LogP contribution in [0, 0.1) is 5.92 Å². The van der Waals surface area contributed by atoms with E-state index in [2.05, 4.69) is 10.2 Å². The Bertz CT molecular complexity index is 281. The molecule has 1 atom stereocenters. The minimum atomic E-state index is 0.0272. The van der Waals surface area contributed by atoms with Gasteiger partial charge in [-0.2, -0.15) is 0 Å². The normalized spacial score (nSPS) is 24.5. The number of hydrogen-bond donors (Lipinski definition) is 2. The summed E-state index contributed by atoms with van der Waals surface area (Å²) in [4.78, 5) is 14.6. The monoisotopic (exact) mass is 267 g/mol. The summed E-state index contributed by atoms with van der Waals surface area (Å²) in [5.41, 5.74) is 5.62. The van der Waals surface area contributed by atoms with Crippen molar-refractivity contribution in [2.75, 3.05) is 19.6 Å². The van der Waals surface area contributed by atoms with Crippen LogP contribution < -0.4 is 11.1 Å². The van der Waals surface area contributed by atoms with Gasteiger partial charge in [0.2, 0.25) is 5.91 Å². The second-order valence-electron chi connectivity index (χ2n) is 6.22. The van der Waals surface area contributed by atoms with Gasteiger partial charge in [-0.1, -0.05) is 12.8 Å². The summed E-state index contributed by atoms with van der Waals surface area (Å²) < 4.78 is 0. The lowest BCUT2D eigenvalue weighted by atomic mass is 9.93. The molecule has 110 valence electrons. The van der Waals surface area contributed by atoms with E-state index in [4.69, 9.17) is 5.73 Å². The Kier molecular flexibility index (Phi) is 5.64. The van der Waals surface area contributed by atoms with Crippen LogP contribution in [0.3, 0.4) is 0 Å². The number of piperidine rings is 1. The molecule has 4 nitrogen and oxygen atoms in total. The fourth-order valence-corrected chi connectivity index (χ4v) is 3.42. The maximum absolute atomic E-state index is 12.2. The molecular weight excluding hydrogens is 238 g/mol. The first-order valence-corrected chi connectivity index (χ1v) is 7.95. The number of rotatable bonds is 5. The van der Waals surface area contributed by atoms with E-state index in [1.54, 1.807) is 0 Å². The lowest BCUT2D eigenvalue weighted by Crippen LogP contribution is -2.50. The van der Waals surface area contributed by atoms with Crippen molar-refractivity contribution >= 4 is 5.91 Å². The van der Waals surface area contributed by atoms with Crippen molar-refractivity contribution in [3.8, 4) is 0 Å². The SMILES string of the molecule is CC(C(=O)NC1CCCC1)N1CCC(CCN)CC1. The van der Waals surface area contributed by atoms with Crippen molar-refractivity contribution in [3.05, 3.63) is 0 Å². The number of nitrogens with two attached hydrogens (primary N) is 1. The van der Waals surface area contributed by atoms with Crippen molar-refractivity contribution in [2.24, 2.45) is 11.7 Å². The van der Waals surface area contributed by atoms with E-state index in [-0.39, 0.29) is 11.9 Å². The summed E-state index contributed by atoms with van der Waals surface area (Å²) >= 11 is 0. The van der Waals surface area contributed by atoms with Crippen LogP contribution >= 0.6 is 0 Å². The predicted molar refractivity (Wildman–Crippen MR) is 77.8 cm³/mol. The van der Waals surface area contributed by atoms with E-state index in [0.29, 0.717) is 6.04 Å². The molecule has 3 N–H and O–H groups in total. The highest BCUT2D eigenvalue weighted by molar-refractivity contribution is 5.81. The van der Waals surface area contributed by atoms with E-state index >= 15 is 0 Å². The lowest BCUT2D eigenvalue weighted by Gasteiger charge is -2.35. The number of nitrogens with one attached hydrogen (secondary N) is 1. The largest absolute Gasteiger partial charge is 0.352 e. The smallest absolute Gasteiger partial charge is 0.237 e. The molecule has 1 heterocycles. The van der Waals surface area contributed by atoms with Crippen LogP contribution in [0.4, 0.5) is 0 Å². The quantitative estimate of drug-likeness (QED) is 0.793. The zero-order valence-corrected chi connectivity index (χ0v) is 12.2. The molecule has 19 heavy (non-hydrogen) atoms. The van der Waals surface area contributed by atoms with Gasteiger partial charge >= 0.3 is 0 Å². The third-order valence-electron chi connectivity index (χ3n) is 4.85. The molecule has 0 bridgehead atoms. The number of amides is 1. The van der Waals surface area contributed by atoms with Crippen molar-refractivity contribution in [1.29, 1.82) is 0 Å². The van der Waals surface area contributed by atoms with E-state index in [1.165, 1.54) is 25.7 Å². The zero-order chi connectivity index (χ0) is 13.7. The van der Waals surface area contributed by atoms with Crippen LogP contribution in [0.5, 0.6) is 0 Å². The Morgan fingerprint density at radius 1 is 1.26 bits per heavy atom. The number of nitrogens with zero attached hydrogens (tertiary/aromatic N) is 1. The van der Waals surface area contributed by atoms with Gasteiger partial charge in [0, 0.05) is 6.04 Å². The number of carbonyl (C=O) groups excluding carboxylic acids is 1. The molecule has 2 aliphatic rings. The first-order chi connectivity index (χ1) is 9.20. The van der Waals surface area contributed by atoms with E-state index < -0.39 is 0 Å². The lowest BCUT2D eigenvalue weighted by molar-refractivity contribution is -0.127. The molecule has 1 aliphatic heterocycles. The summed E-state index contributed by atoms with van der Waals surface area (Å²) in [6.07, 6.45) is 8.38. The van der Waals surface area contributed by atoms with Gasteiger partial charge in [0.1, 0.15) is 0 Å². The second kappa shape index (κ2) is 7.25. The molecule has 1 saturated heterocycles. The maximum atomic E-state index is 12.2. The molecule has 0 spiro atoms. The molecule has 2 rings (SSSR count). The molecule has 0 aromatic rings. The third kappa shape index (κ3) is 4.18. The highest BCUT2D eigenvalue weighted by atomic mass is 16.2. The Morgan fingerprint density at radius 2 is 1.89 bits per heavy atom. The van der Waals surface area contributed by atoms with Gasteiger partial charge in [-0.05, 0) is 64.6 Å². The zero-order valence-electron chi connectivity index (χ0n) is 12.2. The van der Waals surface area contributed by atoms with Gasteiger partial charge in [-0.3, -0.25) is 9.69 Å². The van der Waals surface area contributed by atoms with Crippen LogP contribution in [0.2, 0.25) is 0 Å². The molecule has 0 aromatic heterocycles. The average molecular weight is 267 g/mol. The summed E-state index contributed by atoms with van der Waals surface area (Å²) in [5, 5.41) is 3.21. The van der Waals surface area contributed by atoms with Gasteiger partial charge in [-0.25, -0.2) is 0 Å². The summed E-state index contributed by atoms with van der Waals surface area (Å²) in [5.74, 6) is 0.996. The Balaban J connectivity index is 1.73. The molecule has 1 unspecified atom stereocenters. The number of hydrogen-bond acceptors (Lipinski definition) is 3. The van der Waals surface area contributed by atoms with Crippen molar-refractivity contribution in [1.82, 2.24) is 10.2 Å². The fraction of sp³-hybridized carbons (Fsp3) is 0.933. The highest BCUT2D eigenvalue weighted by Gasteiger charge is 2.27. The summed E-state index contributed by atoms with van der Waals surface area (Å²) in [7, 11) is 0. The topological polar surface area (TPSA) is 58.4 Å². The molecular formula is C15H29N3O. The first kappa shape index (κ1) is 14.8. The number of likely N-dealkylation sites (tertiary alicyclic amines) is 1. The molecule has 2 fully saturated rings. The second-order valence-corrected chi connectivity index (χ2v) is 6.22. The van der Waals surface area contributed by atoms with Crippen LogP contribution in [0.25, 0.3) is 0 Å². The molecule has 1 saturated carbocycles. The van der Waals surface area contributed by atoms with E-state index in [1.807, 2.05) is 6.92 Å². The first-order valence-electron chi connectivity index (χ1n) is 7.95. The summed E-state index contributed by atoms with van der Waals surface area (Å²) in [6, 6.07) is 0.462.